The molecule has 1 aromatic heterocycles. The third-order valence-electron chi connectivity index (χ3n) is 3.84. The van der Waals surface area contributed by atoms with Crippen molar-refractivity contribution in [3.05, 3.63) is 59.5 Å². The van der Waals surface area contributed by atoms with Crippen molar-refractivity contribution in [3.63, 3.8) is 0 Å². The first-order valence-corrected chi connectivity index (χ1v) is 8.06. The number of phenols is 1. The quantitative estimate of drug-likeness (QED) is 0.678. The zero-order valence-electron chi connectivity index (χ0n) is 14.4. The van der Waals surface area contributed by atoms with Gasteiger partial charge in [0.25, 0.3) is 5.89 Å². The molecule has 134 valence electrons. The minimum absolute atomic E-state index is 0.000701. The lowest BCUT2D eigenvalue weighted by Crippen LogP contribution is -2.06. The number of carbonyl (C=O) groups is 1. The highest BCUT2D eigenvalue weighted by Gasteiger charge is 2.16. The Kier molecular flexibility index (Phi) is 5.17. The van der Waals surface area contributed by atoms with Crippen LogP contribution in [0.4, 0.5) is 0 Å². The number of phenolic OH excluding ortho intramolecular Hbond substituents is 1. The van der Waals surface area contributed by atoms with Gasteiger partial charge in [-0.15, -0.1) is 0 Å². The molecule has 0 saturated heterocycles. The van der Waals surface area contributed by atoms with E-state index in [1.165, 1.54) is 24.8 Å². The lowest BCUT2D eigenvalue weighted by atomic mass is 10.1. The molecule has 0 bridgehead atoms. The Hall–Kier alpha value is -3.35. The van der Waals surface area contributed by atoms with Crippen molar-refractivity contribution >= 4 is 5.97 Å². The number of carbonyl (C=O) groups excluding carboxylic acids is 1. The van der Waals surface area contributed by atoms with E-state index in [1.807, 2.05) is 24.3 Å². The summed E-state index contributed by atoms with van der Waals surface area (Å²) in [5, 5.41) is 13.7. The van der Waals surface area contributed by atoms with Crippen LogP contribution in [0.1, 0.15) is 28.7 Å². The summed E-state index contributed by atoms with van der Waals surface area (Å²) < 4.78 is 15.3. The van der Waals surface area contributed by atoms with E-state index in [0.29, 0.717) is 11.6 Å². The molecule has 2 aromatic carbocycles. The number of esters is 1. The molecule has 26 heavy (non-hydrogen) atoms. The van der Waals surface area contributed by atoms with Crippen molar-refractivity contribution in [3.8, 4) is 22.9 Å². The number of methoxy groups -OCH3 is 1. The first-order valence-electron chi connectivity index (χ1n) is 8.06. The van der Waals surface area contributed by atoms with E-state index in [4.69, 9.17) is 14.0 Å². The second-order valence-corrected chi connectivity index (χ2v) is 5.52. The summed E-state index contributed by atoms with van der Waals surface area (Å²) in [6.07, 6.45) is 0.949. The van der Waals surface area contributed by atoms with E-state index >= 15 is 0 Å². The number of hydrogen-bond acceptors (Lipinski definition) is 7. The molecule has 3 aromatic rings. The SMILES string of the molecule is CCc1ccc(-c2noc(COC(=O)c3cc(OC)ccc3O)n2)cc1. The lowest BCUT2D eigenvalue weighted by molar-refractivity contribution is 0.0426. The molecule has 0 aliphatic heterocycles. The highest BCUT2D eigenvalue weighted by atomic mass is 16.6. The van der Waals surface area contributed by atoms with Gasteiger partial charge >= 0.3 is 5.97 Å². The zero-order chi connectivity index (χ0) is 18.5. The van der Waals surface area contributed by atoms with Crippen LogP contribution in [0.2, 0.25) is 0 Å². The van der Waals surface area contributed by atoms with Gasteiger partial charge in [-0.3, -0.25) is 0 Å². The van der Waals surface area contributed by atoms with Crippen molar-refractivity contribution in [2.45, 2.75) is 20.0 Å². The van der Waals surface area contributed by atoms with Gasteiger partial charge in [-0.05, 0) is 30.2 Å². The molecule has 0 saturated carbocycles. The van der Waals surface area contributed by atoms with Crippen molar-refractivity contribution in [1.82, 2.24) is 10.1 Å². The van der Waals surface area contributed by atoms with Crippen molar-refractivity contribution in [2.24, 2.45) is 0 Å². The van der Waals surface area contributed by atoms with Gasteiger partial charge in [-0.2, -0.15) is 4.98 Å². The molecule has 0 spiro atoms. The van der Waals surface area contributed by atoms with Crippen LogP contribution in [0.5, 0.6) is 11.5 Å². The number of rotatable bonds is 6. The van der Waals surface area contributed by atoms with E-state index < -0.39 is 5.97 Å². The average Bonchev–Trinajstić information content (AvgIpc) is 3.15. The molecule has 1 heterocycles. The van der Waals surface area contributed by atoms with Gasteiger partial charge in [-0.25, -0.2) is 4.79 Å². The molecule has 3 rings (SSSR count). The standard InChI is InChI=1S/C19H18N2O5/c1-3-12-4-6-13(7-5-12)18-20-17(26-21-18)11-25-19(23)15-10-14(24-2)8-9-16(15)22/h4-10,22H,3,11H2,1-2H3. The fourth-order valence-electron chi connectivity index (χ4n) is 2.33. The first kappa shape index (κ1) is 17.5. The molecule has 7 heteroatoms. The number of aromatic hydroxyl groups is 1. The summed E-state index contributed by atoms with van der Waals surface area (Å²) in [5.41, 5.74) is 2.03. The minimum atomic E-state index is -0.714. The van der Waals surface area contributed by atoms with Gasteiger partial charge in [-0.1, -0.05) is 36.3 Å². The van der Waals surface area contributed by atoms with Crippen LogP contribution in [0, 0.1) is 0 Å². The van der Waals surface area contributed by atoms with Crippen molar-refractivity contribution < 1.29 is 23.9 Å². The highest BCUT2D eigenvalue weighted by molar-refractivity contribution is 5.92. The number of ether oxygens (including phenoxy) is 2. The number of benzene rings is 2. The second kappa shape index (κ2) is 7.69. The lowest BCUT2D eigenvalue weighted by Gasteiger charge is -2.06. The Morgan fingerprint density at radius 3 is 2.65 bits per heavy atom. The maximum absolute atomic E-state index is 12.1. The van der Waals surface area contributed by atoms with Crippen LogP contribution in [0.15, 0.2) is 47.0 Å². The maximum atomic E-state index is 12.1. The van der Waals surface area contributed by atoms with Gasteiger partial charge in [0.05, 0.1) is 7.11 Å². The molecule has 0 atom stereocenters. The highest BCUT2D eigenvalue weighted by Crippen LogP contribution is 2.24. The molecular formula is C19H18N2O5. The van der Waals surface area contributed by atoms with Crippen LogP contribution in [0.25, 0.3) is 11.4 Å². The Morgan fingerprint density at radius 2 is 1.96 bits per heavy atom. The molecule has 1 N–H and O–H groups in total. The van der Waals surface area contributed by atoms with Gasteiger partial charge in [0.2, 0.25) is 5.82 Å². The molecular weight excluding hydrogens is 336 g/mol. The normalized spacial score (nSPS) is 10.5. The van der Waals surface area contributed by atoms with E-state index in [2.05, 4.69) is 17.1 Å². The molecule has 0 unspecified atom stereocenters. The average molecular weight is 354 g/mol. The number of hydrogen-bond donors (Lipinski definition) is 1. The fraction of sp³-hybridized carbons (Fsp3) is 0.211. The molecule has 0 amide bonds. The van der Waals surface area contributed by atoms with E-state index in [0.717, 1.165) is 12.0 Å². The van der Waals surface area contributed by atoms with Crippen LogP contribution < -0.4 is 4.74 Å². The molecule has 0 fully saturated rings. The summed E-state index contributed by atoms with van der Waals surface area (Å²) in [5.74, 6) is 0.107. The minimum Gasteiger partial charge on any atom is -0.507 e. The zero-order valence-corrected chi connectivity index (χ0v) is 14.4. The summed E-state index contributed by atoms with van der Waals surface area (Å²) in [6, 6.07) is 12.1. The first-order chi connectivity index (χ1) is 12.6. The largest absolute Gasteiger partial charge is 0.507 e. The van der Waals surface area contributed by atoms with E-state index in [1.54, 1.807) is 6.07 Å². The summed E-state index contributed by atoms with van der Waals surface area (Å²) >= 11 is 0. The summed E-state index contributed by atoms with van der Waals surface area (Å²) in [6.45, 7) is 1.88. The van der Waals surface area contributed by atoms with Gasteiger partial charge in [0, 0.05) is 5.56 Å². The predicted octanol–water partition coefficient (Wildman–Crippen LogP) is 3.37. The number of nitrogens with zero attached hydrogens (tertiary/aromatic N) is 2. The third-order valence-corrected chi connectivity index (χ3v) is 3.84. The fourth-order valence-corrected chi connectivity index (χ4v) is 2.33. The second-order valence-electron chi connectivity index (χ2n) is 5.52. The van der Waals surface area contributed by atoms with Crippen molar-refractivity contribution in [2.75, 3.05) is 7.11 Å². The monoisotopic (exact) mass is 354 g/mol. The molecule has 0 aliphatic carbocycles. The smallest absolute Gasteiger partial charge is 0.342 e. The Bertz CT molecular complexity index is 903. The van der Waals surface area contributed by atoms with Crippen LogP contribution >= 0.6 is 0 Å². The number of aromatic nitrogens is 2. The van der Waals surface area contributed by atoms with Gasteiger partial charge < -0.3 is 19.1 Å². The van der Waals surface area contributed by atoms with Crippen molar-refractivity contribution in [1.29, 1.82) is 0 Å². The summed E-state index contributed by atoms with van der Waals surface area (Å²) in [4.78, 5) is 16.3. The van der Waals surface area contributed by atoms with Crippen LogP contribution in [0.3, 0.4) is 0 Å². The Morgan fingerprint density at radius 1 is 1.19 bits per heavy atom. The molecule has 0 radical (unpaired) electrons. The van der Waals surface area contributed by atoms with Crippen LogP contribution in [-0.2, 0) is 17.8 Å². The summed E-state index contributed by atoms with van der Waals surface area (Å²) in [7, 11) is 1.47. The van der Waals surface area contributed by atoms with E-state index in [-0.39, 0.29) is 23.8 Å². The number of aryl methyl sites for hydroxylation is 1. The molecule has 7 nitrogen and oxygen atoms in total. The topological polar surface area (TPSA) is 94.7 Å². The predicted molar refractivity (Wildman–Crippen MR) is 92.9 cm³/mol. The van der Waals surface area contributed by atoms with Crippen LogP contribution in [-0.4, -0.2) is 28.3 Å². The third kappa shape index (κ3) is 3.83. The Labute approximate surface area is 150 Å². The Balaban J connectivity index is 1.67. The van der Waals surface area contributed by atoms with Gasteiger partial charge in [0.15, 0.2) is 6.61 Å². The van der Waals surface area contributed by atoms with E-state index in [9.17, 15) is 9.90 Å². The maximum Gasteiger partial charge on any atom is 0.342 e. The molecule has 0 aliphatic rings. The van der Waals surface area contributed by atoms with Gasteiger partial charge in [0.1, 0.15) is 17.1 Å².